The Bertz CT molecular complexity index is 2550. The number of aliphatic hydroxyl groups is 2. The second-order valence-electron chi connectivity index (χ2n) is 13.2. The predicted molar refractivity (Wildman–Crippen MR) is 229 cm³/mol. The van der Waals surface area contributed by atoms with Crippen LogP contribution >= 0.6 is 0 Å². The van der Waals surface area contributed by atoms with E-state index >= 15 is 0 Å². The summed E-state index contributed by atoms with van der Waals surface area (Å²) in [5, 5.41) is 31.0. The van der Waals surface area contributed by atoms with Crippen molar-refractivity contribution in [1.29, 1.82) is 0 Å². The molecule has 0 amide bonds. The van der Waals surface area contributed by atoms with Crippen molar-refractivity contribution in [2.45, 2.75) is 4.08 Å². The second kappa shape index (κ2) is 18.6. The molecule has 20 nitrogen and oxygen atoms in total. The molecule has 8 N–H and O–H groups in total. The molecule has 60 heavy (non-hydrogen) atoms. The van der Waals surface area contributed by atoms with E-state index < -0.39 is 30.2 Å². The molecule has 22 heteroatoms. The van der Waals surface area contributed by atoms with E-state index in [0.717, 1.165) is 5.69 Å². The highest BCUT2D eigenvalue weighted by Crippen LogP contribution is 2.40. The molecule has 314 valence electrons. The summed E-state index contributed by atoms with van der Waals surface area (Å²) >= 11 is 0. The van der Waals surface area contributed by atoms with Crippen molar-refractivity contribution in [2.24, 2.45) is 5.92 Å². The number of rotatable bonds is 18. The third-order valence-corrected chi connectivity index (χ3v) is 12.5. The molecule has 0 radical (unpaired) electrons. The van der Waals surface area contributed by atoms with Crippen LogP contribution in [-0.2, 0) is 20.2 Å². The van der Waals surface area contributed by atoms with Crippen LogP contribution in [0.2, 0.25) is 0 Å². The topological polar surface area (TPSA) is 281 Å². The fraction of sp³-hybridized carbons (Fsp3) is 0.211. The summed E-state index contributed by atoms with van der Waals surface area (Å²) in [6, 6.07) is 24.8. The lowest BCUT2D eigenvalue weighted by Gasteiger charge is -2.32. The van der Waals surface area contributed by atoms with Crippen LogP contribution in [0.25, 0.3) is 6.08 Å². The summed E-state index contributed by atoms with van der Waals surface area (Å²) in [6.07, 6.45) is 5.86. The zero-order valence-electron chi connectivity index (χ0n) is 32.2. The number of anilines is 9. The summed E-state index contributed by atoms with van der Waals surface area (Å²) in [5.41, 5.74) is 2.23. The van der Waals surface area contributed by atoms with E-state index in [0.29, 0.717) is 29.0 Å². The van der Waals surface area contributed by atoms with Gasteiger partial charge in [-0.3, -0.25) is 9.11 Å². The molecule has 6 rings (SSSR count). The second-order valence-corrected chi connectivity index (χ2v) is 16.7. The van der Waals surface area contributed by atoms with Crippen molar-refractivity contribution in [3.8, 4) is 0 Å². The van der Waals surface area contributed by atoms with E-state index in [2.05, 4.69) is 51.2 Å². The van der Waals surface area contributed by atoms with Gasteiger partial charge in [-0.15, -0.1) is 0 Å². The fourth-order valence-electron chi connectivity index (χ4n) is 5.85. The van der Waals surface area contributed by atoms with Gasteiger partial charge >= 0.3 is 0 Å². The third kappa shape index (κ3) is 10.4. The molecule has 0 bridgehead atoms. The number of likely N-dealkylation sites (N-methyl/N-ethyl adjacent to an activating group) is 2. The van der Waals surface area contributed by atoms with Crippen LogP contribution in [0.4, 0.5) is 52.8 Å². The maximum Gasteiger partial charge on any atom is 0.292 e. The normalized spacial score (nSPS) is 15.0. The number of hydrogen-bond acceptors (Lipinski definition) is 18. The van der Waals surface area contributed by atoms with Gasteiger partial charge in [0.15, 0.2) is 0 Å². The Morgan fingerprint density at radius 2 is 1.03 bits per heavy atom. The Labute approximate surface area is 346 Å². The molecule has 0 saturated carbocycles. The average molecular weight is 859 g/mol. The van der Waals surface area contributed by atoms with E-state index in [1.807, 2.05) is 36.4 Å². The molecule has 0 aliphatic heterocycles. The van der Waals surface area contributed by atoms with E-state index in [9.17, 15) is 36.2 Å². The lowest BCUT2D eigenvalue weighted by atomic mass is 9.96. The molecule has 2 aromatic heterocycles. The largest absolute Gasteiger partial charge is 0.395 e. The molecular formula is C38H42N12O8S2. The van der Waals surface area contributed by atoms with Crippen LogP contribution in [-0.4, -0.2) is 111 Å². The Balaban J connectivity index is 1.25. The summed E-state index contributed by atoms with van der Waals surface area (Å²) in [7, 11) is -7.84. The molecule has 1 atom stereocenters. The van der Waals surface area contributed by atoms with Crippen LogP contribution in [0.5, 0.6) is 0 Å². The highest BCUT2D eigenvalue weighted by molar-refractivity contribution is 8.05. The Morgan fingerprint density at radius 3 is 1.45 bits per heavy atom. The van der Waals surface area contributed by atoms with Crippen LogP contribution in [0.15, 0.2) is 115 Å². The van der Waals surface area contributed by atoms with E-state index in [1.165, 1.54) is 29.2 Å². The first-order valence-corrected chi connectivity index (χ1v) is 21.0. The van der Waals surface area contributed by atoms with Gasteiger partial charge < -0.3 is 41.3 Å². The van der Waals surface area contributed by atoms with Crippen molar-refractivity contribution in [3.63, 3.8) is 0 Å². The molecule has 1 aliphatic carbocycles. The summed E-state index contributed by atoms with van der Waals surface area (Å²) in [5.74, 6) is -0.883. The zero-order valence-corrected chi connectivity index (χ0v) is 33.8. The number of aliphatic hydroxyl groups excluding tert-OH is 2. The van der Waals surface area contributed by atoms with Gasteiger partial charge in [0.1, 0.15) is 0 Å². The number of nitrogens with zero attached hydrogens (tertiary/aromatic N) is 8. The Hall–Kier alpha value is -6.56. The minimum atomic E-state index is -5.59. The van der Waals surface area contributed by atoms with Gasteiger partial charge in [0, 0.05) is 55.9 Å². The van der Waals surface area contributed by atoms with Crippen LogP contribution in [0.3, 0.4) is 0 Å². The minimum absolute atomic E-state index is 0.0604. The zero-order chi connectivity index (χ0) is 42.9. The lowest BCUT2D eigenvalue weighted by molar-refractivity contribution is 0.303. The van der Waals surface area contributed by atoms with Crippen molar-refractivity contribution in [1.82, 2.24) is 29.9 Å². The average Bonchev–Trinajstić information content (AvgIpc) is 3.21. The number of nitrogens with one attached hydrogen (secondary N) is 4. The number of allylic oxidation sites excluding steroid dienone is 3. The number of benzene rings is 3. The molecule has 3 aromatic carbocycles. The van der Waals surface area contributed by atoms with Gasteiger partial charge in [0.25, 0.3) is 24.3 Å². The number of aromatic nitrogens is 6. The number of para-hydroxylation sites is 2. The van der Waals surface area contributed by atoms with E-state index in [-0.39, 0.29) is 61.7 Å². The van der Waals surface area contributed by atoms with Gasteiger partial charge in [-0.05, 0) is 54.1 Å². The van der Waals surface area contributed by atoms with Crippen molar-refractivity contribution in [2.75, 3.05) is 71.5 Å². The summed E-state index contributed by atoms with van der Waals surface area (Å²) < 4.78 is 69.9. The first-order valence-electron chi connectivity index (χ1n) is 18.1. The Morgan fingerprint density at radius 1 is 0.617 bits per heavy atom. The van der Waals surface area contributed by atoms with Crippen LogP contribution in [0, 0.1) is 5.92 Å². The summed E-state index contributed by atoms with van der Waals surface area (Å²) in [6.45, 7) is 0.0770. The van der Waals surface area contributed by atoms with Gasteiger partial charge in [0.2, 0.25) is 35.7 Å². The monoisotopic (exact) mass is 858 g/mol. The quantitative estimate of drug-likeness (QED) is 0.0582. The van der Waals surface area contributed by atoms with Gasteiger partial charge in [-0.1, -0.05) is 66.8 Å². The predicted octanol–water partition coefficient (Wildman–Crippen LogP) is 3.81. The molecule has 5 aromatic rings. The van der Waals surface area contributed by atoms with Crippen molar-refractivity contribution in [3.05, 3.63) is 120 Å². The first-order chi connectivity index (χ1) is 28.7. The molecule has 0 fully saturated rings. The molecule has 1 aliphatic rings. The van der Waals surface area contributed by atoms with Crippen molar-refractivity contribution < 1.29 is 36.2 Å². The molecule has 2 heterocycles. The van der Waals surface area contributed by atoms with Gasteiger partial charge in [-0.2, -0.15) is 46.7 Å². The minimum Gasteiger partial charge on any atom is -0.395 e. The molecule has 0 saturated heterocycles. The first kappa shape index (κ1) is 43.0. The summed E-state index contributed by atoms with van der Waals surface area (Å²) in [4.78, 5) is 29.6. The van der Waals surface area contributed by atoms with E-state index in [4.69, 9.17) is 0 Å². The smallest absolute Gasteiger partial charge is 0.292 e. The maximum atomic E-state index is 13.0. The third-order valence-electron chi connectivity index (χ3n) is 8.89. The number of hydrogen-bond donors (Lipinski definition) is 8. The van der Waals surface area contributed by atoms with Crippen LogP contribution in [0.1, 0.15) is 5.56 Å². The molecule has 1 unspecified atom stereocenters. The standard InChI is InChI=1S/C38H42N12O8S2/c1-49(21-23-51)36-45-32(39-28-9-5-3-6-10-28)43-34(47-36)41-30-18-14-26(15-19-30)13-16-27-17-20-31(25-38(27,59(53,54)55)60(56,57)58)42-35-44-33(40-29-11-7-4-8-12-29)46-37(48-35)50(2)22-24-52/h3-20,25,27,51-52H,21-24H2,1-2H3,(H,53,54,55)(H,56,57,58)(H2,39,41,43,45,47)(H2,40,42,44,46,48). The van der Waals surface area contributed by atoms with Crippen molar-refractivity contribution >= 4 is 79.1 Å². The Kier molecular flexibility index (Phi) is 13.3. The van der Waals surface area contributed by atoms with Gasteiger partial charge in [0.05, 0.1) is 13.2 Å². The SMILES string of the molecule is CN(CCO)c1nc(NC2=CC(S(=O)(=O)O)(S(=O)(=O)O)C(C=Cc3ccc(Nc4nc(Nc5ccccc5)nc(N(C)CCO)n4)cc3)C=C2)nc(Nc2ccccc2)n1. The van der Waals surface area contributed by atoms with E-state index in [1.54, 1.807) is 67.5 Å². The fourth-order valence-corrected chi connectivity index (χ4v) is 8.47. The lowest BCUT2D eigenvalue weighted by Crippen LogP contribution is -2.50. The van der Waals surface area contributed by atoms with Crippen LogP contribution < -0.4 is 31.1 Å². The molecular weight excluding hydrogens is 817 g/mol. The molecule has 0 spiro atoms. The maximum absolute atomic E-state index is 13.0. The van der Waals surface area contributed by atoms with Gasteiger partial charge in [-0.25, -0.2) is 0 Å². The highest BCUT2D eigenvalue weighted by Gasteiger charge is 2.58. The highest BCUT2D eigenvalue weighted by atomic mass is 32.3.